The van der Waals surface area contributed by atoms with Crippen LogP contribution in [0.25, 0.3) is 5.41 Å². The molecule has 0 fully saturated rings. The summed E-state index contributed by atoms with van der Waals surface area (Å²) >= 11 is 0. The molecule has 6 nitrogen and oxygen atoms in total. The molecule has 0 spiro atoms. The van der Waals surface area contributed by atoms with Gasteiger partial charge in [-0.3, -0.25) is 16.1 Å². The Morgan fingerprint density at radius 3 is 2.76 bits per heavy atom. The van der Waals surface area contributed by atoms with E-state index >= 15 is 0 Å². The maximum Gasteiger partial charge on any atom is 0.258 e. The summed E-state index contributed by atoms with van der Waals surface area (Å²) in [5.74, 6) is 1.14. The van der Waals surface area contributed by atoms with Crippen molar-refractivity contribution in [3.63, 3.8) is 0 Å². The molecule has 0 amide bonds. The van der Waals surface area contributed by atoms with Gasteiger partial charge in [0.1, 0.15) is 0 Å². The summed E-state index contributed by atoms with van der Waals surface area (Å²) in [5.41, 5.74) is 1.81. The van der Waals surface area contributed by atoms with E-state index in [1.165, 1.54) is 6.33 Å². The van der Waals surface area contributed by atoms with E-state index in [0.717, 1.165) is 11.1 Å². The Labute approximate surface area is 120 Å². The number of rotatable bonds is 1. The molecule has 0 radical (unpaired) electrons. The van der Waals surface area contributed by atoms with Gasteiger partial charge in [0, 0.05) is 5.57 Å². The lowest BCUT2D eigenvalue weighted by Crippen LogP contribution is -2.31. The van der Waals surface area contributed by atoms with E-state index in [1.807, 2.05) is 37.1 Å². The first-order chi connectivity index (χ1) is 10.1. The monoisotopic (exact) mass is 279 g/mol. The third-order valence-electron chi connectivity index (χ3n) is 3.40. The summed E-state index contributed by atoms with van der Waals surface area (Å²) < 4.78 is 5.18. The normalized spacial score (nSPS) is 16.9. The number of nitrogens with zero attached hydrogens (tertiary/aromatic N) is 2. The van der Waals surface area contributed by atoms with E-state index in [4.69, 9.17) is 10.1 Å². The summed E-state index contributed by atoms with van der Waals surface area (Å²) in [6.07, 6.45) is 1.22. The van der Waals surface area contributed by atoms with Gasteiger partial charge >= 0.3 is 0 Å². The van der Waals surface area contributed by atoms with Gasteiger partial charge in [-0.2, -0.15) is 0 Å². The van der Waals surface area contributed by atoms with Gasteiger partial charge in [-0.15, -0.1) is 0 Å². The van der Waals surface area contributed by atoms with Crippen molar-refractivity contribution in [2.45, 2.75) is 12.8 Å². The van der Waals surface area contributed by atoms with E-state index in [0.29, 0.717) is 0 Å². The van der Waals surface area contributed by atoms with Crippen LogP contribution in [0, 0.1) is 12.3 Å². The standard InChI is InChI=1S/C15H11N4O2/c1-8-2-4-9(5-3-8)11-10(6-16)13(17)21-15-12(11)14(20)18-7-19-15/h2-5,7,11,17H,1H3,(H,18,19,20)/q-1. The second-order valence-corrected chi connectivity index (χ2v) is 4.75. The molecule has 2 heterocycles. The zero-order chi connectivity index (χ0) is 15.0. The van der Waals surface area contributed by atoms with Crippen molar-refractivity contribution in [1.82, 2.24) is 9.97 Å². The second kappa shape index (κ2) is 4.85. The van der Waals surface area contributed by atoms with Crippen LogP contribution >= 0.6 is 0 Å². The minimum atomic E-state index is -0.635. The molecule has 2 N–H and O–H groups in total. The zero-order valence-electron chi connectivity index (χ0n) is 11.2. The Kier molecular flexibility index (Phi) is 3.01. The van der Waals surface area contributed by atoms with Crippen molar-refractivity contribution in [2.75, 3.05) is 0 Å². The highest BCUT2D eigenvalue weighted by Crippen LogP contribution is 2.37. The third kappa shape index (κ3) is 2.07. The number of aromatic nitrogens is 2. The number of hydrogen-bond donors (Lipinski definition) is 2. The van der Waals surface area contributed by atoms with Crippen LogP contribution in [-0.2, 0) is 0 Å². The number of ether oxygens (including phenoxy) is 1. The third-order valence-corrected chi connectivity index (χ3v) is 3.40. The molecule has 0 saturated carbocycles. The number of nitrogens with one attached hydrogen (secondary N) is 2. The van der Waals surface area contributed by atoms with Crippen LogP contribution in [0.2, 0.25) is 0 Å². The molecule has 2 aromatic rings. The molecule has 0 aliphatic carbocycles. The molecule has 6 heteroatoms. The summed E-state index contributed by atoms with van der Waals surface area (Å²) in [5, 5.41) is 17.2. The Balaban J connectivity index is 2.30. The average molecular weight is 279 g/mol. The maximum atomic E-state index is 12.1. The molecule has 1 atom stereocenters. The Morgan fingerprint density at radius 1 is 1.38 bits per heavy atom. The zero-order valence-corrected chi connectivity index (χ0v) is 11.2. The molecule has 104 valence electrons. The van der Waals surface area contributed by atoms with E-state index in [9.17, 15) is 10.2 Å². The highest BCUT2D eigenvalue weighted by molar-refractivity contribution is 6.05. The lowest BCUT2D eigenvalue weighted by Gasteiger charge is -2.26. The molecule has 21 heavy (non-hydrogen) atoms. The number of hydrogen-bond acceptors (Lipinski definition) is 4. The Bertz CT molecular complexity index is 829. The smallest absolute Gasteiger partial charge is 0.258 e. The average Bonchev–Trinajstić information content (AvgIpc) is 2.47. The van der Waals surface area contributed by atoms with Crippen molar-refractivity contribution in [2.24, 2.45) is 0 Å². The number of aromatic amines is 1. The Morgan fingerprint density at radius 2 is 2.10 bits per heavy atom. The van der Waals surface area contributed by atoms with E-state index < -0.39 is 5.92 Å². The predicted molar refractivity (Wildman–Crippen MR) is 78.1 cm³/mol. The summed E-state index contributed by atoms with van der Waals surface area (Å²) in [6, 6.07) is 7.47. The first-order valence-electron chi connectivity index (χ1n) is 6.29. The largest absolute Gasteiger partial charge is 0.763 e. The first kappa shape index (κ1) is 13.0. The minimum absolute atomic E-state index is 0.0772. The van der Waals surface area contributed by atoms with Gasteiger partial charge in [-0.05, 0) is 12.5 Å². The first-order valence-corrected chi connectivity index (χ1v) is 6.29. The van der Waals surface area contributed by atoms with Gasteiger partial charge in [-0.1, -0.05) is 29.8 Å². The molecular formula is C15H11N4O2-. The molecule has 1 unspecified atom stereocenters. The Hall–Kier alpha value is -2.98. The number of fused-ring (bicyclic) bond motifs is 1. The fourth-order valence-corrected chi connectivity index (χ4v) is 2.36. The van der Waals surface area contributed by atoms with Crippen molar-refractivity contribution in [1.29, 1.82) is 5.41 Å². The van der Waals surface area contributed by atoms with Crippen molar-refractivity contribution in [3.05, 3.63) is 68.6 Å². The summed E-state index contributed by atoms with van der Waals surface area (Å²) in [7, 11) is 0. The molecule has 1 aliphatic heterocycles. The molecule has 1 aromatic heterocycles. The molecule has 1 aromatic carbocycles. The highest BCUT2D eigenvalue weighted by atomic mass is 16.5. The quantitative estimate of drug-likeness (QED) is 0.777. The fraction of sp³-hybridized carbons (Fsp3) is 0.133. The van der Waals surface area contributed by atoms with E-state index in [1.54, 1.807) is 0 Å². The van der Waals surface area contributed by atoms with Crippen molar-refractivity contribution < 1.29 is 4.74 Å². The minimum Gasteiger partial charge on any atom is -0.763 e. The lowest BCUT2D eigenvalue weighted by molar-refractivity contribution is 0.490. The molecule has 0 bridgehead atoms. The molecule has 0 saturated heterocycles. The number of aryl methyl sites for hydroxylation is 1. The fourth-order valence-electron chi connectivity index (χ4n) is 2.36. The molecular weight excluding hydrogens is 268 g/mol. The van der Waals surface area contributed by atoms with Crippen LogP contribution in [0.3, 0.4) is 0 Å². The van der Waals surface area contributed by atoms with Crippen LogP contribution < -0.4 is 10.3 Å². The van der Waals surface area contributed by atoms with Gasteiger partial charge in [0.2, 0.25) is 11.8 Å². The van der Waals surface area contributed by atoms with Crippen LogP contribution in [0.15, 0.2) is 41.0 Å². The van der Waals surface area contributed by atoms with Crippen molar-refractivity contribution >= 4 is 11.8 Å². The maximum absolute atomic E-state index is 12.1. The number of benzene rings is 1. The summed E-state index contributed by atoms with van der Waals surface area (Å²) in [4.78, 5) is 18.6. The van der Waals surface area contributed by atoms with Gasteiger partial charge in [0.25, 0.3) is 5.56 Å². The van der Waals surface area contributed by atoms with Crippen LogP contribution in [0.5, 0.6) is 5.88 Å². The van der Waals surface area contributed by atoms with Crippen molar-refractivity contribution in [3.8, 4) is 5.88 Å². The van der Waals surface area contributed by atoms with Gasteiger partial charge in [-0.25, -0.2) is 4.98 Å². The van der Waals surface area contributed by atoms with Gasteiger partial charge in [0.05, 0.1) is 17.8 Å². The second-order valence-electron chi connectivity index (χ2n) is 4.75. The topological polar surface area (TPSA) is 101 Å². The van der Waals surface area contributed by atoms with Gasteiger partial charge in [0.15, 0.2) is 0 Å². The highest BCUT2D eigenvalue weighted by Gasteiger charge is 2.34. The molecule has 3 rings (SSSR count). The summed E-state index contributed by atoms with van der Waals surface area (Å²) in [6.45, 7) is 1.95. The van der Waals surface area contributed by atoms with Crippen LogP contribution in [-0.4, -0.2) is 21.7 Å². The predicted octanol–water partition coefficient (Wildman–Crippen LogP) is 1.75. The van der Waals surface area contributed by atoms with Crippen LogP contribution in [0.4, 0.5) is 0 Å². The molecule has 1 aliphatic rings. The SMILES string of the molecule is Cc1ccc(C2C(=C=[N-])C(=N)Oc3nc[nH]c(=O)c32)cc1. The van der Waals surface area contributed by atoms with Gasteiger partial charge < -0.3 is 15.1 Å². The van der Waals surface area contributed by atoms with E-state index in [-0.39, 0.29) is 28.5 Å². The lowest BCUT2D eigenvalue weighted by atomic mass is 9.84. The number of H-pyrrole nitrogens is 1. The van der Waals surface area contributed by atoms with Crippen LogP contribution in [0.1, 0.15) is 22.6 Å². The van der Waals surface area contributed by atoms with E-state index in [2.05, 4.69) is 9.97 Å².